The maximum Gasteiger partial charge on any atom is 0.0696 e. The minimum Gasteiger partial charge on any atom is -0.389 e. The summed E-state index contributed by atoms with van der Waals surface area (Å²) in [5.41, 5.74) is 0.931. The van der Waals surface area contributed by atoms with Crippen LogP contribution in [0.1, 0.15) is 12.5 Å². The Morgan fingerprint density at radius 2 is 2.08 bits per heavy atom. The van der Waals surface area contributed by atoms with E-state index in [1.807, 2.05) is 30.3 Å². The molecule has 0 amide bonds. The molecule has 1 aromatic rings. The van der Waals surface area contributed by atoms with Crippen molar-refractivity contribution in [2.45, 2.75) is 13.0 Å². The van der Waals surface area contributed by atoms with Gasteiger partial charge in [0.15, 0.2) is 0 Å². The maximum absolute atomic E-state index is 8.97. The highest BCUT2D eigenvalue weighted by molar-refractivity contribution is 6.32. The summed E-state index contributed by atoms with van der Waals surface area (Å²) in [6.07, 6.45) is 3.08. The number of hydrogen-bond acceptors (Lipinski definition) is 1. The first-order chi connectivity index (χ1) is 5.70. The van der Waals surface area contributed by atoms with Crippen molar-refractivity contribution in [2.24, 2.45) is 0 Å². The largest absolute Gasteiger partial charge is 0.389 e. The maximum atomic E-state index is 8.97. The van der Waals surface area contributed by atoms with Gasteiger partial charge < -0.3 is 5.11 Å². The predicted molar refractivity (Wildman–Crippen MR) is 52.2 cm³/mol. The second-order valence-electron chi connectivity index (χ2n) is 2.62. The Morgan fingerprint density at radius 1 is 1.42 bits per heavy atom. The van der Waals surface area contributed by atoms with Crippen LogP contribution in [0.2, 0.25) is 5.02 Å². The van der Waals surface area contributed by atoms with E-state index in [0.717, 1.165) is 5.56 Å². The zero-order valence-electron chi connectivity index (χ0n) is 6.87. The first kappa shape index (κ1) is 9.30. The molecule has 1 aromatic carbocycles. The Balaban J connectivity index is 2.82. The fourth-order valence-electron chi connectivity index (χ4n) is 0.853. The first-order valence-electron chi connectivity index (χ1n) is 3.81. The molecular weight excluding hydrogens is 172 g/mol. The van der Waals surface area contributed by atoms with Crippen LogP contribution in [0, 0.1) is 0 Å². The van der Waals surface area contributed by atoms with Crippen LogP contribution in [-0.2, 0) is 0 Å². The van der Waals surface area contributed by atoms with Gasteiger partial charge in [0.1, 0.15) is 0 Å². The third kappa shape index (κ3) is 2.68. The highest BCUT2D eigenvalue weighted by Gasteiger charge is 1.93. The zero-order chi connectivity index (χ0) is 8.97. The van der Waals surface area contributed by atoms with E-state index in [-0.39, 0.29) is 0 Å². The third-order valence-electron chi connectivity index (χ3n) is 1.46. The van der Waals surface area contributed by atoms with Gasteiger partial charge in [-0.1, -0.05) is 42.0 Å². The van der Waals surface area contributed by atoms with Gasteiger partial charge in [-0.25, -0.2) is 0 Å². The van der Waals surface area contributed by atoms with Crippen LogP contribution in [0.3, 0.4) is 0 Å². The van der Waals surface area contributed by atoms with Gasteiger partial charge in [0.05, 0.1) is 6.10 Å². The van der Waals surface area contributed by atoms with Gasteiger partial charge in [-0.05, 0) is 18.6 Å². The van der Waals surface area contributed by atoms with E-state index in [0.29, 0.717) is 5.02 Å². The smallest absolute Gasteiger partial charge is 0.0696 e. The molecule has 0 fully saturated rings. The molecule has 0 aliphatic rings. The molecule has 0 aliphatic carbocycles. The Labute approximate surface area is 77.3 Å². The van der Waals surface area contributed by atoms with Crippen molar-refractivity contribution in [1.82, 2.24) is 0 Å². The average molecular weight is 183 g/mol. The molecule has 64 valence electrons. The van der Waals surface area contributed by atoms with Crippen molar-refractivity contribution in [3.63, 3.8) is 0 Å². The second kappa shape index (κ2) is 4.29. The quantitative estimate of drug-likeness (QED) is 0.746. The molecule has 1 rings (SSSR count). The molecule has 12 heavy (non-hydrogen) atoms. The molecule has 0 spiro atoms. The number of rotatable bonds is 2. The Hall–Kier alpha value is -0.790. The molecule has 0 bridgehead atoms. The Morgan fingerprint density at radius 3 is 2.67 bits per heavy atom. The molecule has 0 radical (unpaired) electrons. The zero-order valence-corrected chi connectivity index (χ0v) is 7.62. The van der Waals surface area contributed by atoms with E-state index >= 15 is 0 Å². The van der Waals surface area contributed by atoms with Gasteiger partial charge in [-0.2, -0.15) is 0 Å². The van der Waals surface area contributed by atoms with Crippen LogP contribution < -0.4 is 0 Å². The first-order valence-corrected chi connectivity index (χ1v) is 4.19. The van der Waals surface area contributed by atoms with Crippen molar-refractivity contribution >= 4 is 17.7 Å². The summed E-state index contributed by atoms with van der Waals surface area (Å²) in [7, 11) is 0. The van der Waals surface area contributed by atoms with Gasteiger partial charge in [-0.3, -0.25) is 0 Å². The minimum atomic E-state index is -0.429. The monoisotopic (exact) mass is 182 g/mol. The summed E-state index contributed by atoms with van der Waals surface area (Å²) in [5, 5.41) is 9.68. The summed E-state index contributed by atoms with van der Waals surface area (Å²) in [5.74, 6) is 0. The topological polar surface area (TPSA) is 20.2 Å². The molecule has 2 heteroatoms. The Kier molecular flexibility index (Phi) is 3.32. The van der Waals surface area contributed by atoms with Gasteiger partial charge in [-0.15, -0.1) is 0 Å². The average Bonchev–Trinajstić information content (AvgIpc) is 2.03. The van der Waals surface area contributed by atoms with Crippen LogP contribution in [0.4, 0.5) is 0 Å². The van der Waals surface area contributed by atoms with E-state index in [9.17, 15) is 0 Å². The lowest BCUT2D eigenvalue weighted by Gasteiger charge is -1.97. The number of hydrogen-bond donors (Lipinski definition) is 1. The molecule has 1 unspecified atom stereocenters. The molecule has 1 atom stereocenters. The van der Waals surface area contributed by atoms with Crippen molar-refractivity contribution in [2.75, 3.05) is 0 Å². The standard InChI is InChI=1S/C10H11ClO/c1-8(12)6-7-9-4-2-3-5-10(9)11/h2-8,12H,1H3/b7-6+. The molecule has 1 nitrogen and oxygen atoms in total. The van der Waals surface area contributed by atoms with Gasteiger partial charge in [0.25, 0.3) is 0 Å². The van der Waals surface area contributed by atoms with E-state index < -0.39 is 6.10 Å². The molecular formula is C10H11ClO. The lowest BCUT2D eigenvalue weighted by Crippen LogP contribution is -1.91. The van der Waals surface area contributed by atoms with Crippen molar-refractivity contribution in [3.8, 4) is 0 Å². The predicted octanol–water partition coefficient (Wildman–Crippen LogP) is 2.73. The molecule has 0 aromatic heterocycles. The second-order valence-corrected chi connectivity index (χ2v) is 3.03. The molecule has 0 saturated heterocycles. The number of halogens is 1. The van der Waals surface area contributed by atoms with Crippen LogP contribution in [0.15, 0.2) is 30.3 Å². The van der Waals surface area contributed by atoms with Gasteiger partial charge in [0.2, 0.25) is 0 Å². The summed E-state index contributed by atoms with van der Waals surface area (Å²) >= 11 is 5.87. The van der Waals surface area contributed by atoms with Crippen molar-refractivity contribution < 1.29 is 5.11 Å². The normalized spacial score (nSPS) is 13.6. The van der Waals surface area contributed by atoms with E-state index in [4.69, 9.17) is 16.7 Å². The Bertz CT molecular complexity index is 279. The lowest BCUT2D eigenvalue weighted by molar-refractivity contribution is 0.245. The molecule has 0 aliphatic heterocycles. The molecule has 0 heterocycles. The van der Waals surface area contributed by atoms with Gasteiger partial charge in [0, 0.05) is 5.02 Å². The van der Waals surface area contributed by atoms with Crippen LogP contribution in [0.5, 0.6) is 0 Å². The van der Waals surface area contributed by atoms with Crippen LogP contribution in [-0.4, -0.2) is 11.2 Å². The lowest BCUT2D eigenvalue weighted by atomic mass is 10.2. The van der Waals surface area contributed by atoms with E-state index in [1.54, 1.807) is 13.0 Å². The third-order valence-corrected chi connectivity index (χ3v) is 1.80. The SMILES string of the molecule is CC(O)/C=C/c1ccccc1Cl. The van der Waals surface area contributed by atoms with E-state index in [1.165, 1.54) is 0 Å². The number of aliphatic hydroxyl groups excluding tert-OH is 1. The molecule has 0 saturated carbocycles. The van der Waals surface area contributed by atoms with Crippen LogP contribution in [0.25, 0.3) is 6.08 Å². The minimum absolute atomic E-state index is 0.429. The summed E-state index contributed by atoms with van der Waals surface area (Å²) in [4.78, 5) is 0. The van der Waals surface area contributed by atoms with E-state index in [2.05, 4.69) is 0 Å². The fraction of sp³-hybridized carbons (Fsp3) is 0.200. The summed E-state index contributed by atoms with van der Waals surface area (Å²) in [6, 6.07) is 7.51. The fourth-order valence-corrected chi connectivity index (χ4v) is 1.05. The summed E-state index contributed by atoms with van der Waals surface area (Å²) < 4.78 is 0. The summed E-state index contributed by atoms with van der Waals surface area (Å²) in [6.45, 7) is 1.70. The highest BCUT2D eigenvalue weighted by Crippen LogP contribution is 2.16. The van der Waals surface area contributed by atoms with Crippen molar-refractivity contribution in [1.29, 1.82) is 0 Å². The van der Waals surface area contributed by atoms with Crippen molar-refractivity contribution in [3.05, 3.63) is 40.9 Å². The highest BCUT2D eigenvalue weighted by atomic mass is 35.5. The number of benzene rings is 1. The van der Waals surface area contributed by atoms with Crippen LogP contribution >= 0.6 is 11.6 Å². The molecule has 1 N–H and O–H groups in total. The number of aliphatic hydroxyl groups is 1. The van der Waals surface area contributed by atoms with Gasteiger partial charge >= 0.3 is 0 Å².